The molecule has 1 aliphatic rings. The van der Waals surface area contributed by atoms with Crippen molar-refractivity contribution in [3.05, 3.63) is 48.0 Å². The Hall–Kier alpha value is -3.22. The Bertz CT molecular complexity index is 834. The van der Waals surface area contributed by atoms with E-state index in [-0.39, 0.29) is 5.91 Å². The van der Waals surface area contributed by atoms with Crippen molar-refractivity contribution in [3.63, 3.8) is 0 Å². The number of amides is 1. The van der Waals surface area contributed by atoms with Gasteiger partial charge in [-0.05, 0) is 24.3 Å². The quantitative estimate of drug-likeness (QED) is 0.861. The van der Waals surface area contributed by atoms with Crippen LogP contribution in [0.5, 0.6) is 17.2 Å². The summed E-state index contributed by atoms with van der Waals surface area (Å²) in [7, 11) is 4.69. The number of oxime groups is 1. The fourth-order valence-electron chi connectivity index (χ4n) is 2.70. The molecular weight excluding hydrogens is 336 g/mol. The molecule has 0 saturated carbocycles. The highest BCUT2D eigenvalue weighted by Gasteiger charge is 2.30. The zero-order chi connectivity index (χ0) is 18.5. The number of nitrogens with one attached hydrogen (secondary N) is 1. The molecule has 0 aromatic heterocycles. The first-order valence-electron chi connectivity index (χ1n) is 8.05. The van der Waals surface area contributed by atoms with E-state index in [0.717, 1.165) is 5.56 Å². The van der Waals surface area contributed by atoms with Crippen LogP contribution in [-0.2, 0) is 9.63 Å². The lowest BCUT2D eigenvalue weighted by atomic mass is 10.0. The Morgan fingerprint density at radius 1 is 1.04 bits per heavy atom. The Kier molecular flexibility index (Phi) is 5.26. The Balaban J connectivity index is 1.68. The van der Waals surface area contributed by atoms with Gasteiger partial charge in [-0.25, -0.2) is 0 Å². The summed E-state index contributed by atoms with van der Waals surface area (Å²) in [6.45, 7) is 0. The maximum absolute atomic E-state index is 12.5. The smallest absolute Gasteiger partial charge is 0.268 e. The second-order valence-corrected chi connectivity index (χ2v) is 5.60. The number of carbonyl (C=O) groups excluding carboxylic acids is 1. The monoisotopic (exact) mass is 356 g/mol. The summed E-state index contributed by atoms with van der Waals surface area (Å²) in [6, 6.07) is 12.6. The number of rotatable bonds is 6. The molecule has 0 saturated heterocycles. The first-order chi connectivity index (χ1) is 12.7. The number of hydrogen-bond donors (Lipinski definition) is 1. The third-order valence-corrected chi connectivity index (χ3v) is 4.03. The molecule has 7 nitrogen and oxygen atoms in total. The van der Waals surface area contributed by atoms with Crippen molar-refractivity contribution in [2.45, 2.75) is 12.5 Å². The summed E-state index contributed by atoms with van der Waals surface area (Å²) in [5.41, 5.74) is 2.08. The molecule has 3 rings (SSSR count). The second kappa shape index (κ2) is 7.77. The molecule has 1 atom stereocenters. The standard InChI is InChI=1S/C19H20N2O5/c1-23-15-7-5-4-6-13(15)14-11-18(26-21-14)19(22)20-12-8-9-16(24-2)17(10-12)25-3/h4-10,18H,11H2,1-3H3,(H,20,22)/t18-/m1/s1. The third kappa shape index (κ3) is 3.56. The first-order valence-corrected chi connectivity index (χ1v) is 8.05. The zero-order valence-electron chi connectivity index (χ0n) is 14.8. The summed E-state index contributed by atoms with van der Waals surface area (Å²) >= 11 is 0. The van der Waals surface area contributed by atoms with E-state index < -0.39 is 6.10 Å². The molecule has 7 heteroatoms. The van der Waals surface area contributed by atoms with Crippen LogP contribution in [0, 0.1) is 0 Å². The molecule has 0 unspecified atom stereocenters. The van der Waals surface area contributed by atoms with Crippen molar-refractivity contribution in [2.24, 2.45) is 5.16 Å². The number of anilines is 1. The number of ether oxygens (including phenoxy) is 3. The highest BCUT2D eigenvalue weighted by atomic mass is 16.6. The van der Waals surface area contributed by atoms with Gasteiger partial charge in [0.2, 0.25) is 6.10 Å². The van der Waals surface area contributed by atoms with Crippen molar-refractivity contribution in [3.8, 4) is 17.2 Å². The van der Waals surface area contributed by atoms with Crippen LogP contribution < -0.4 is 19.5 Å². The summed E-state index contributed by atoms with van der Waals surface area (Å²) in [6.07, 6.45) is -0.345. The van der Waals surface area contributed by atoms with Crippen LogP contribution in [0.25, 0.3) is 0 Å². The van der Waals surface area contributed by atoms with E-state index in [1.165, 1.54) is 7.11 Å². The fourth-order valence-corrected chi connectivity index (χ4v) is 2.70. The molecule has 0 radical (unpaired) electrons. The van der Waals surface area contributed by atoms with Crippen LogP contribution in [0.15, 0.2) is 47.6 Å². The van der Waals surface area contributed by atoms with Crippen LogP contribution in [0.4, 0.5) is 5.69 Å². The van der Waals surface area contributed by atoms with E-state index in [1.807, 2.05) is 24.3 Å². The van der Waals surface area contributed by atoms with E-state index in [4.69, 9.17) is 19.0 Å². The average Bonchev–Trinajstić information content (AvgIpc) is 3.18. The number of methoxy groups -OCH3 is 3. The predicted octanol–water partition coefficient (Wildman–Crippen LogP) is 2.84. The lowest BCUT2D eigenvalue weighted by Crippen LogP contribution is -2.28. The van der Waals surface area contributed by atoms with Crippen LogP contribution in [0.1, 0.15) is 12.0 Å². The lowest BCUT2D eigenvalue weighted by Gasteiger charge is -2.12. The summed E-state index contributed by atoms with van der Waals surface area (Å²) < 4.78 is 15.8. The van der Waals surface area contributed by atoms with Crippen LogP contribution in [0.2, 0.25) is 0 Å². The molecule has 1 aliphatic heterocycles. The molecule has 2 aromatic carbocycles. The Morgan fingerprint density at radius 2 is 1.77 bits per heavy atom. The van der Waals surface area contributed by atoms with Gasteiger partial charge in [-0.2, -0.15) is 0 Å². The van der Waals surface area contributed by atoms with Gasteiger partial charge >= 0.3 is 0 Å². The zero-order valence-corrected chi connectivity index (χ0v) is 14.8. The van der Waals surface area contributed by atoms with Gasteiger partial charge in [0.05, 0.1) is 27.0 Å². The van der Waals surface area contributed by atoms with Gasteiger partial charge in [-0.15, -0.1) is 0 Å². The maximum Gasteiger partial charge on any atom is 0.268 e. The second-order valence-electron chi connectivity index (χ2n) is 5.60. The van der Waals surface area contributed by atoms with Crippen molar-refractivity contribution in [1.29, 1.82) is 0 Å². The molecule has 0 aliphatic carbocycles. The van der Waals surface area contributed by atoms with Gasteiger partial charge in [0.1, 0.15) is 5.75 Å². The molecule has 0 spiro atoms. The minimum atomic E-state index is -0.706. The molecule has 1 N–H and O–H groups in total. The summed E-state index contributed by atoms with van der Waals surface area (Å²) in [4.78, 5) is 17.8. The van der Waals surface area contributed by atoms with E-state index in [9.17, 15) is 4.79 Å². The molecule has 1 heterocycles. The number of hydrogen-bond acceptors (Lipinski definition) is 6. The molecule has 2 aromatic rings. The molecule has 1 amide bonds. The highest BCUT2D eigenvalue weighted by Crippen LogP contribution is 2.30. The van der Waals surface area contributed by atoms with Crippen LogP contribution >= 0.6 is 0 Å². The SMILES string of the molecule is COc1ccc(NC(=O)[C@H]2CC(c3ccccc3OC)=NO2)cc1OC. The average molecular weight is 356 g/mol. The van der Waals surface area contributed by atoms with Crippen molar-refractivity contribution >= 4 is 17.3 Å². The van der Waals surface area contributed by atoms with Gasteiger partial charge in [-0.1, -0.05) is 17.3 Å². The molecule has 0 fully saturated rings. The van der Waals surface area contributed by atoms with Gasteiger partial charge in [0, 0.05) is 23.7 Å². The van der Waals surface area contributed by atoms with Gasteiger partial charge in [-0.3, -0.25) is 4.79 Å². The molecule has 0 bridgehead atoms. The van der Waals surface area contributed by atoms with Crippen LogP contribution in [0.3, 0.4) is 0 Å². The van der Waals surface area contributed by atoms with Gasteiger partial charge < -0.3 is 24.4 Å². The maximum atomic E-state index is 12.5. The Labute approximate surface area is 151 Å². The van der Waals surface area contributed by atoms with E-state index >= 15 is 0 Å². The van der Waals surface area contributed by atoms with Gasteiger partial charge in [0.15, 0.2) is 11.5 Å². The van der Waals surface area contributed by atoms with E-state index in [1.54, 1.807) is 32.4 Å². The lowest BCUT2D eigenvalue weighted by molar-refractivity contribution is -0.125. The normalized spacial score (nSPS) is 15.7. The summed E-state index contributed by atoms with van der Waals surface area (Å²) in [5, 5.41) is 6.86. The predicted molar refractivity (Wildman–Crippen MR) is 97.2 cm³/mol. The van der Waals surface area contributed by atoms with Crippen molar-refractivity contribution < 1.29 is 23.8 Å². The molecule has 26 heavy (non-hydrogen) atoms. The molecular formula is C19H20N2O5. The largest absolute Gasteiger partial charge is 0.496 e. The number of benzene rings is 2. The minimum absolute atomic E-state index is 0.286. The highest BCUT2D eigenvalue weighted by molar-refractivity contribution is 6.07. The summed E-state index contributed by atoms with van der Waals surface area (Å²) in [5.74, 6) is 1.52. The minimum Gasteiger partial charge on any atom is -0.496 e. The molecule has 136 valence electrons. The third-order valence-electron chi connectivity index (χ3n) is 4.03. The van der Waals surface area contributed by atoms with Gasteiger partial charge in [0.25, 0.3) is 5.91 Å². The first kappa shape index (κ1) is 17.6. The van der Waals surface area contributed by atoms with Crippen LogP contribution in [-0.4, -0.2) is 39.1 Å². The fraction of sp³-hybridized carbons (Fsp3) is 0.263. The van der Waals surface area contributed by atoms with Crippen molar-refractivity contribution in [1.82, 2.24) is 0 Å². The number of carbonyl (C=O) groups is 1. The number of para-hydroxylation sites is 1. The van der Waals surface area contributed by atoms with Crippen molar-refractivity contribution in [2.75, 3.05) is 26.6 Å². The topological polar surface area (TPSA) is 78.4 Å². The van der Waals surface area contributed by atoms with E-state index in [0.29, 0.717) is 35.1 Å². The number of nitrogens with zero attached hydrogens (tertiary/aromatic N) is 1. The van der Waals surface area contributed by atoms with E-state index in [2.05, 4.69) is 10.5 Å². The Morgan fingerprint density at radius 3 is 2.50 bits per heavy atom.